The van der Waals surface area contributed by atoms with Gasteiger partial charge in [0.15, 0.2) is 0 Å². The fraction of sp³-hybridized carbons (Fsp3) is 0.407. The Morgan fingerprint density at radius 2 is 2.00 bits per heavy atom. The number of carbonyl (C=O) groups excluding carboxylic acids is 1. The highest BCUT2D eigenvalue weighted by Crippen LogP contribution is 2.41. The molecule has 5 rings (SSSR count). The van der Waals surface area contributed by atoms with Gasteiger partial charge in [-0.15, -0.1) is 0 Å². The minimum absolute atomic E-state index is 0.100. The van der Waals surface area contributed by atoms with Crippen LogP contribution in [-0.2, 0) is 16.1 Å². The second-order valence-corrected chi connectivity index (χ2v) is 8.70. The number of nitrogens with zero attached hydrogens (tertiary/aromatic N) is 2. The lowest BCUT2D eigenvalue weighted by Crippen LogP contribution is -2.49. The van der Waals surface area contributed by atoms with Crippen LogP contribution in [0.15, 0.2) is 48.7 Å². The molecule has 1 saturated heterocycles. The van der Waals surface area contributed by atoms with Crippen LogP contribution in [0.5, 0.6) is 5.75 Å². The topological polar surface area (TPSA) is 63.7 Å². The van der Waals surface area contributed by atoms with Crippen LogP contribution in [0.1, 0.15) is 37.3 Å². The number of benzene rings is 2. The van der Waals surface area contributed by atoms with Crippen molar-refractivity contribution < 1.29 is 14.4 Å². The Bertz CT molecular complexity index is 1100. The van der Waals surface area contributed by atoms with E-state index in [9.17, 15) is 4.79 Å². The summed E-state index contributed by atoms with van der Waals surface area (Å²) in [5, 5.41) is 1.17. The first-order valence-electron chi connectivity index (χ1n) is 11.7. The van der Waals surface area contributed by atoms with Gasteiger partial charge in [0.1, 0.15) is 11.4 Å². The predicted octanol–water partition coefficient (Wildman–Crippen LogP) is 4.68. The van der Waals surface area contributed by atoms with Crippen LogP contribution in [0.2, 0.25) is 0 Å². The van der Waals surface area contributed by atoms with Crippen LogP contribution in [0.4, 0.5) is 0 Å². The molecule has 1 aromatic heterocycles. The third-order valence-corrected chi connectivity index (χ3v) is 6.72. The summed E-state index contributed by atoms with van der Waals surface area (Å²) in [7, 11) is 1.74. The molecule has 2 aliphatic rings. The lowest BCUT2D eigenvalue weighted by atomic mass is 9.82. The number of nitrogens with one attached hydrogen (secondary N) is 1. The molecule has 174 valence electrons. The predicted molar refractivity (Wildman–Crippen MR) is 131 cm³/mol. The number of aryl methyl sites for hydroxylation is 2. The second kappa shape index (κ2) is 10.3. The maximum Gasteiger partial charge on any atom is 0.209 e. The highest BCUT2D eigenvalue weighted by molar-refractivity contribution is 5.88. The average Bonchev–Trinajstić information content (AvgIpc) is 2.86. The summed E-state index contributed by atoms with van der Waals surface area (Å²) >= 11 is 0. The summed E-state index contributed by atoms with van der Waals surface area (Å²) in [6, 6.07) is 15.0. The number of aromatic nitrogens is 1. The van der Waals surface area contributed by atoms with Gasteiger partial charge >= 0.3 is 0 Å². The van der Waals surface area contributed by atoms with Gasteiger partial charge in [0.2, 0.25) is 6.41 Å². The molecule has 0 atom stereocenters. The second-order valence-electron chi connectivity index (χ2n) is 8.70. The Morgan fingerprint density at radius 3 is 2.70 bits per heavy atom. The highest BCUT2D eigenvalue weighted by Gasteiger charge is 2.39. The lowest BCUT2D eigenvalue weighted by molar-refractivity contribution is -0.121. The van der Waals surface area contributed by atoms with Crippen molar-refractivity contribution in [3.05, 3.63) is 59.8 Å². The van der Waals surface area contributed by atoms with Gasteiger partial charge in [0.25, 0.3) is 0 Å². The Hall–Kier alpha value is -2.96. The van der Waals surface area contributed by atoms with Crippen molar-refractivity contribution in [3.63, 3.8) is 0 Å². The largest absolute Gasteiger partial charge is 0.487 e. The first-order valence-corrected chi connectivity index (χ1v) is 11.7. The SMILES string of the molecule is CCONC.Cc1c(-c2ccc3c(c2)CCC2(CCN(C=O)CC2)O3)ccc2cccnc12. The monoisotopic (exact) mass is 447 g/mol. The molecule has 1 amide bonds. The van der Waals surface area contributed by atoms with Crippen LogP contribution in [-0.4, -0.2) is 48.6 Å². The van der Waals surface area contributed by atoms with Gasteiger partial charge in [0, 0.05) is 44.6 Å². The van der Waals surface area contributed by atoms with E-state index in [1.807, 2.05) is 24.1 Å². The van der Waals surface area contributed by atoms with E-state index >= 15 is 0 Å². The number of fused-ring (bicyclic) bond motifs is 2. The molecule has 1 N–H and O–H groups in total. The molecule has 6 nitrogen and oxygen atoms in total. The standard InChI is InChI=1S/C24H24N2O2.C3H9NO/c1-17-21(6-4-18-3-2-12-25-23(17)18)19-5-7-22-20(15-19)8-9-24(28-22)10-13-26(16-27)14-11-24;1-3-5-4-2/h2-7,12,15-16H,8-11,13-14H2,1H3;4H,3H2,1-2H3. The normalized spacial score (nSPS) is 16.5. The van der Waals surface area contributed by atoms with Gasteiger partial charge < -0.3 is 14.5 Å². The van der Waals surface area contributed by atoms with Gasteiger partial charge in [0.05, 0.1) is 12.1 Å². The van der Waals surface area contributed by atoms with Crippen molar-refractivity contribution in [2.24, 2.45) is 0 Å². The Morgan fingerprint density at radius 1 is 1.18 bits per heavy atom. The number of carbonyl (C=O) groups is 1. The molecule has 0 saturated carbocycles. The lowest BCUT2D eigenvalue weighted by Gasteiger charge is -2.43. The van der Waals surface area contributed by atoms with Crippen LogP contribution < -0.4 is 10.2 Å². The fourth-order valence-electron chi connectivity index (χ4n) is 4.83. The number of pyridine rings is 1. The molecule has 2 aromatic carbocycles. The van der Waals surface area contributed by atoms with Crippen molar-refractivity contribution in [2.75, 3.05) is 26.7 Å². The molecule has 33 heavy (non-hydrogen) atoms. The molecule has 2 aliphatic heterocycles. The summed E-state index contributed by atoms with van der Waals surface area (Å²) in [6.45, 7) is 6.39. The highest BCUT2D eigenvalue weighted by atomic mass is 16.6. The number of hydrogen-bond acceptors (Lipinski definition) is 5. The quantitative estimate of drug-likeness (QED) is 0.465. The molecule has 3 aromatic rings. The van der Waals surface area contributed by atoms with E-state index in [0.717, 1.165) is 63.1 Å². The van der Waals surface area contributed by atoms with Crippen LogP contribution >= 0.6 is 0 Å². The molecule has 1 spiro atoms. The average molecular weight is 448 g/mol. The maximum absolute atomic E-state index is 11.0. The molecule has 1 fully saturated rings. The summed E-state index contributed by atoms with van der Waals surface area (Å²) < 4.78 is 6.49. The van der Waals surface area contributed by atoms with Crippen LogP contribution in [0.25, 0.3) is 22.0 Å². The van der Waals surface area contributed by atoms with Crippen LogP contribution in [0.3, 0.4) is 0 Å². The molecule has 6 heteroatoms. The number of rotatable bonds is 4. The molecule has 3 heterocycles. The zero-order valence-corrected chi connectivity index (χ0v) is 19.8. The molecular formula is C27H33N3O3. The molecular weight excluding hydrogens is 414 g/mol. The van der Waals surface area contributed by atoms with E-state index in [-0.39, 0.29) is 5.60 Å². The number of ether oxygens (including phenoxy) is 1. The molecule has 0 radical (unpaired) electrons. The van der Waals surface area contributed by atoms with Gasteiger partial charge in [-0.1, -0.05) is 24.3 Å². The summed E-state index contributed by atoms with van der Waals surface area (Å²) in [5.41, 5.74) is 8.43. The van der Waals surface area contributed by atoms with E-state index < -0.39 is 0 Å². The molecule has 0 unspecified atom stereocenters. The summed E-state index contributed by atoms with van der Waals surface area (Å²) in [5.74, 6) is 1.01. The van der Waals surface area contributed by atoms with Crippen molar-refractivity contribution in [1.82, 2.24) is 15.4 Å². The number of hydrogen-bond donors (Lipinski definition) is 1. The van der Waals surface area contributed by atoms with Gasteiger partial charge in [-0.05, 0) is 67.1 Å². The van der Waals surface area contributed by atoms with E-state index in [1.54, 1.807) is 7.05 Å². The van der Waals surface area contributed by atoms with E-state index in [1.165, 1.54) is 27.6 Å². The number of amides is 1. The zero-order valence-electron chi connectivity index (χ0n) is 19.8. The Kier molecular flexibility index (Phi) is 7.26. The van der Waals surface area contributed by atoms with Gasteiger partial charge in [-0.25, -0.2) is 5.48 Å². The fourth-order valence-corrected chi connectivity index (χ4v) is 4.83. The Labute approximate surface area is 195 Å². The van der Waals surface area contributed by atoms with E-state index in [2.05, 4.69) is 58.6 Å². The molecule has 0 bridgehead atoms. The number of piperidine rings is 1. The van der Waals surface area contributed by atoms with Crippen molar-refractivity contribution >= 4 is 17.3 Å². The Balaban J connectivity index is 0.000000471. The summed E-state index contributed by atoms with van der Waals surface area (Å²) in [6.07, 6.45) is 6.69. The first-order chi connectivity index (χ1) is 16.1. The maximum atomic E-state index is 11.0. The van der Waals surface area contributed by atoms with Gasteiger partial charge in [-0.3, -0.25) is 9.78 Å². The van der Waals surface area contributed by atoms with Gasteiger partial charge in [-0.2, -0.15) is 0 Å². The smallest absolute Gasteiger partial charge is 0.209 e. The third kappa shape index (κ3) is 5.02. The van der Waals surface area contributed by atoms with Crippen molar-refractivity contribution in [2.45, 2.75) is 45.1 Å². The number of likely N-dealkylation sites (tertiary alicyclic amines) is 1. The molecule has 0 aliphatic carbocycles. The minimum Gasteiger partial charge on any atom is -0.487 e. The minimum atomic E-state index is -0.100. The van der Waals surface area contributed by atoms with Crippen molar-refractivity contribution in [3.8, 4) is 16.9 Å². The van der Waals surface area contributed by atoms with E-state index in [0.29, 0.717) is 0 Å². The van der Waals surface area contributed by atoms with Crippen molar-refractivity contribution in [1.29, 1.82) is 0 Å². The van der Waals surface area contributed by atoms with E-state index in [4.69, 9.17) is 4.74 Å². The van der Waals surface area contributed by atoms with Crippen LogP contribution in [0, 0.1) is 6.92 Å². The summed E-state index contributed by atoms with van der Waals surface area (Å²) in [4.78, 5) is 22.0. The number of hydroxylamine groups is 1. The third-order valence-electron chi connectivity index (χ3n) is 6.72. The first kappa shape index (κ1) is 23.2. The zero-order chi connectivity index (χ0) is 23.3.